The SMILES string of the molecule is C=CC([CH-]C(=O)O[Si](C)(C)C)S(F)(F)(F)(F)F.[Y]. The first kappa shape index (κ1) is 20.7. The summed E-state index contributed by atoms with van der Waals surface area (Å²) in [5.74, 6) is -1.40. The van der Waals surface area contributed by atoms with Crippen LogP contribution in [0.4, 0.5) is 19.4 Å². The van der Waals surface area contributed by atoms with Crippen LogP contribution in [0.1, 0.15) is 0 Å². The van der Waals surface area contributed by atoms with Gasteiger partial charge in [0.2, 0.25) is 8.32 Å². The van der Waals surface area contributed by atoms with Crippen molar-refractivity contribution in [2.45, 2.75) is 24.9 Å². The summed E-state index contributed by atoms with van der Waals surface area (Å²) in [6.07, 6.45) is -0.181. The Morgan fingerprint density at radius 1 is 1.28 bits per heavy atom. The summed E-state index contributed by atoms with van der Waals surface area (Å²) in [6, 6.07) is 0. The standard InChI is InChI=1S/C8H14F5O2SSi.Y/c1-5-7(16(9,10,11,12)13)6-8(14)15-17(2,3)4;/h5-7H,1H2,2-4H3;/q-1;. The van der Waals surface area contributed by atoms with Crippen molar-refractivity contribution in [3.8, 4) is 0 Å². The Kier molecular flexibility index (Phi) is 5.83. The maximum atomic E-state index is 12.4. The van der Waals surface area contributed by atoms with E-state index in [-0.39, 0.29) is 45.2 Å². The molecule has 0 N–H and O–H groups in total. The zero-order valence-corrected chi connectivity index (χ0v) is 14.8. The first-order chi connectivity index (χ1) is 7.05. The molecule has 2 nitrogen and oxygen atoms in total. The quantitative estimate of drug-likeness (QED) is 0.303. The molecule has 0 aliphatic rings. The monoisotopic (exact) mass is 386 g/mol. The van der Waals surface area contributed by atoms with Gasteiger partial charge in [-0.25, -0.2) is 0 Å². The van der Waals surface area contributed by atoms with Gasteiger partial charge in [-0.2, -0.15) is 0 Å². The molecule has 0 aromatic rings. The van der Waals surface area contributed by atoms with E-state index < -0.39 is 29.8 Å². The van der Waals surface area contributed by atoms with Gasteiger partial charge >= 0.3 is 0 Å². The summed E-state index contributed by atoms with van der Waals surface area (Å²) < 4.78 is 66.5. The smallest absolute Gasteiger partial charge is 0.270 e. The van der Waals surface area contributed by atoms with E-state index in [0.29, 0.717) is 0 Å². The Morgan fingerprint density at radius 2 is 1.67 bits per heavy atom. The fourth-order valence-corrected chi connectivity index (χ4v) is 2.25. The molecule has 0 saturated carbocycles. The molecule has 1 atom stereocenters. The average Bonchev–Trinajstić information content (AvgIpc) is 1.91. The molecule has 0 spiro atoms. The second-order valence-corrected chi connectivity index (χ2v) is 11.5. The third kappa shape index (κ3) is 8.49. The third-order valence-corrected chi connectivity index (χ3v) is 3.62. The third-order valence-electron chi connectivity index (χ3n) is 1.45. The Bertz CT molecular complexity index is 336. The van der Waals surface area contributed by atoms with Crippen LogP contribution in [0.3, 0.4) is 0 Å². The van der Waals surface area contributed by atoms with Crippen molar-refractivity contribution >= 4 is 24.5 Å². The average molecular weight is 386 g/mol. The van der Waals surface area contributed by atoms with E-state index >= 15 is 0 Å². The van der Waals surface area contributed by atoms with Crippen molar-refractivity contribution in [3.05, 3.63) is 19.1 Å². The van der Waals surface area contributed by atoms with Crippen molar-refractivity contribution in [1.82, 2.24) is 0 Å². The maximum Gasteiger partial charge on any atom is 0.270 e. The number of carbonyl (C=O) groups is 1. The molecule has 0 aliphatic carbocycles. The molecule has 10 heteroatoms. The van der Waals surface area contributed by atoms with Crippen molar-refractivity contribution < 1.29 is 61.4 Å². The van der Waals surface area contributed by atoms with Crippen molar-refractivity contribution in [3.63, 3.8) is 0 Å². The van der Waals surface area contributed by atoms with Crippen LogP contribution in [-0.2, 0) is 41.9 Å². The van der Waals surface area contributed by atoms with Crippen LogP contribution < -0.4 is 0 Å². The fourth-order valence-electron chi connectivity index (χ4n) is 0.848. The summed E-state index contributed by atoms with van der Waals surface area (Å²) in [5, 5.41) is -3.26. The number of carbonyl (C=O) groups excluding carboxylic acids is 1. The van der Waals surface area contributed by atoms with Gasteiger partial charge < -0.3 is 4.43 Å². The summed E-state index contributed by atoms with van der Waals surface area (Å²) >= 11 is 0. The molecule has 18 heavy (non-hydrogen) atoms. The van der Waals surface area contributed by atoms with E-state index in [4.69, 9.17) is 0 Å². The van der Waals surface area contributed by atoms with Gasteiger partial charge in [0.15, 0.2) is 5.97 Å². The predicted octanol–water partition coefficient (Wildman–Crippen LogP) is 4.42. The van der Waals surface area contributed by atoms with E-state index in [1.54, 1.807) is 19.6 Å². The van der Waals surface area contributed by atoms with Gasteiger partial charge in [-0.3, -0.25) is 11.2 Å². The summed E-state index contributed by atoms with van der Waals surface area (Å²) in [5.41, 5.74) is 0. The van der Waals surface area contributed by atoms with Crippen LogP contribution in [-0.4, -0.2) is 19.5 Å². The zero-order valence-electron chi connectivity index (χ0n) is 10.1. The minimum absolute atomic E-state index is 0. The number of hydrogen-bond donors (Lipinski definition) is 0. The molecule has 107 valence electrons. The van der Waals surface area contributed by atoms with Crippen LogP contribution in [0.2, 0.25) is 19.6 Å². The second-order valence-electron chi connectivity index (χ2n) is 4.43. The summed E-state index contributed by atoms with van der Waals surface area (Å²) in [6.45, 7) is 7.30. The molecule has 0 bridgehead atoms. The predicted molar refractivity (Wildman–Crippen MR) is 60.9 cm³/mol. The molecule has 1 unspecified atom stereocenters. The number of hydrogen-bond acceptors (Lipinski definition) is 2. The van der Waals surface area contributed by atoms with E-state index in [9.17, 15) is 24.2 Å². The van der Waals surface area contributed by atoms with Crippen molar-refractivity contribution in [1.29, 1.82) is 0 Å². The van der Waals surface area contributed by atoms with E-state index in [2.05, 4.69) is 11.0 Å². The largest absolute Gasteiger partial charge is 0.541 e. The molecule has 0 aromatic carbocycles. The number of rotatable bonds is 5. The molecule has 0 saturated heterocycles. The van der Waals surface area contributed by atoms with Crippen LogP contribution in [0.15, 0.2) is 12.7 Å². The Hall–Kier alpha value is 0.401. The van der Waals surface area contributed by atoms with Crippen molar-refractivity contribution in [2.75, 3.05) is 0 Å². The van der Waals surface area contributed by atoms with Gasteiger partial charge in [0, 0.05) is 38.0 Å². The topological polar surface area (TPSA) is 26.3 Å². The molecule has 1 radical (unpaired) electrons. The van der Waals surface area contributed by atoms with Gasteiger partial charge in [-0.15, -0.1) is 6.58 Å². The first-order valence-corrected chi connectivity index (χ1v) is 9.91. The van der Waals surface area contributed by atoms with E-state index in [1.807, 2.05) is 0 Å². The Labute approximate surface area is 129 Å². The summed E-state index contributed by atoms with van der Waals surface area (Å²) in [4.78, 5) is 11.1. The molecule has 0 aromatic heterocycles. The molecule has 0 heterocycles. The first-order valence-electron chi connectivity index (χ1n) is 4.48. The molecule has 0 amide bonds. The van der Waals surface area contributed by atoms with Gasteiger partial charge in [-0.05, 0) is 19.6 Å². The fraction of sp³-hybridized carbons (Fsp3) is 0.500. The second kappa shape index (κ2) is 5.06. The van der Waals surface area contributed by atoms with Crippen LogP contribution in [0.25, 0.3) is 0 Å². The minimum atomic E-state index is -9.79. The molecular formula is C8H14F5O2SSiY-. The van der Waals surface area contributed by atoms with Gasteiger partial charge in [0.25, 0.3) is 10.2 Å². The van der Waals surface area contributed by atoms with Crippen LogP contribution in [0, 0.1) is 6.42 Å². The van der Waals surface area contributed by atoms with Gasteiger partial charge in [0.05, 0.1) is 0 Å². The number of halogens is 5. The Balaban J connectivity index is 0. The molecule has 0 aliphatic heterocycles. The zero-order chi connectivity index (χ0) is 14.2. The Morgan fingerprint density at radius 3 is 1.89 bits per heavy atom. The van der Waals surface area contributed by atoms with Crippen molar-refractivity contribution in [2.24, 2.45) is 0 Å². The normalized spacial score (nSPS) is 17.6. The van der Waals surface area contributed by atoms with Crippen LogP contribution in [0.5, 0.6) is 0 Å². The minimum Gasteiger partial charge on any atom is -0.541 e. The van der Waals surface area contributed by atoms with Gasteiger partial charge in [0.1, 0.15) is 0 Å². The van der Waals surface area contributed by atoms with E-state index in [0.717, 1.165) is 0 Å². The molecular weight excluding hydrogens is 372 g/mol. The molecule has 0 fully saturated rings. The van der Waals surface area contributed by atoms with Gasteiger partial charge in [-0.1, -0.05) is 25.5 Å². The van der Waals surface area contributed by atoms with Crippen LogP contribution >= 0.6 is 10.2 Å². The summed E-state index contributed by atoms with van der Waals surface area (Å²) in [7, 11) is -12.2. The maximum absolute atomic E-state index is 12.4. The van der Waals surface area contributed by atoms with E-state index in [1.165, 1.54) is 0 Å². The molecule has 0 rings (SSSR count).